The lowest BCUT2D eigenvalue weighted by Gasteiger charge is -2.03. The number of H-pyrrole nitrogens is 1. The average molecular weight is 397 g/mol. The molecular formula is C15H8Br2FNO. The van der Waals surface area contributed by atoms with E-state index in [1.165, 1.54) is 12.1 Å². The van der Waals surface area contributed by atoms with E-state index in [2.05, 4.69) is 36.8 Å². The van der Waals surface area contributed by atoms with Crippen LogP contribution >= 0.6 is 31.9 Å². The predicted octanol–water partition coefficient (Wildman–Crippen LogP) is 5.06. The lowest BCUT2D eigenvalue weighted by atomic mass is 10.0. The van der Waals surface area contributed by atoms with Crippen molar-refractivity contribution in [1.82, 2.24) is 4.98 Å². The van der Waals surface area contributed by atoms with Crippen molar-refractivity contribution in [3.8, 4) is 0 Å². The van der Waals surface area contributed by atoms with E-state index in [0.717, 1.165) is 15.4 Å². The normalized spacial score (nSPS) is 10.9. The van der Waals surface area contributed by atoms with E-state index in [9.17, 15) is 9.18 Å². The van der Waals surface area contributed by atoms with Gasteiger partial charge in [-0.1, -0.05) is 37.9 Å². The number of nitrogens with one attached hydrogen (secondary N) is 1. The molecule has 0 spiro atoms. The second-order valence-electron chi connectivity index (χ2n) is 4.32. The summed E-state index contributed by atoms with van der Waals surface area (Å²) in [4.78, 5) is 15.5. The first-order valence-electron chi connectivity index (χ1n) is 5.83. The van der Waals surface area contributed by atoms with E-state index in [0.29, 0.717) is 10.0 Å². The van der Waals surface area contributed by atoms with Crippen molar-refractivity contribution in [3.63, 3.8) is 0 Å². The third-order valence-corrected chi connectivity index (χ3v) is 4.23. The standard InChI is InChI=1S/C15H8Br2FNO/c16-8-4-5-9(12(18)6-8)15(20)10-7-19-13-3-1-2-11(17)14(10)13/h1-7,19H. The fourth-order valence-electron chi connectivity index (χ4n) is 2.14. The zero-order valence-corrected chi connectivity index (χ0v) is 13.3. The molecule has 3 aromatic rings. The number of carbonyl (C=O) groups excluding carboxylic acids is 1. The molecule has 0 bridgehead atoms. The first-order chi connectivity index (χ1) is 9.58. The van der Waals surface area contributed by atoms with Gasteiger partial charge in [-0.25, -0.2) is 4.39 Å². The predicted molar refractivity (Wildman–Crippen MR) is 83.5 cm³/mol. The first-order valence-corrected chi connectivity index (χ1v) is 7.42. The van der Waals surface area contributed by atoms with Crippen molar-refractivity contribution in [1.29, 1.82) is 0 Å². The zero-order chi connectivity index (χ0) is 14.3. The molecule has 1 aromatic heterocycles. The quantitative estimate of drug-likeness (QED) is 0.603. The van der Waals surface area contributed by atoms with Crippen molar-refractivity contribution in [3.05, 3.63) is 68.5 Å². The second-order valence-corrected chi connectivity index (χ2v) is 6.09. The number of benzene rings is 2. The summed E-state index contributed by atoms with van der Waals surface area (Å²) in [6.07, 6.45) is 1.61. The van der Waals surface area contributed by atoms with Gasteiger partial charge >= 0.3 is 0 Å². The highest BCUT2D eigenvalue weighted by molar-refractivity contribution is 9.11. The van der Waals surface area contributed by atoms with Crippen LogP contribution in [0.3, 0.4) is 0 Å². The van der Waals surface area contributed by atoms with Gasteiger partial charge in [-0.3, -0.25) is 4.79 Å². The molecule has 1 heterocycles. The maximum Gasteiger partial charge on any atom is 0.198 e. The number of aromatic nitrogens is 1. The lowest BCUT2D eigenvalue weighted by Crippen LogP contribution is -2.03. The summed E-state index contributed by atoms with van der Waals surface area (Å²) in [5.41, 5.74) is 1.35. The molecule has 0 unspecified atom stereocenters. The van der Waals surface area contributed by atoms with Gasteiger partial charge in [0, 0.05) is 31.6 Å². The Bertz CT molecular complexity index is 826. The van der Waals surface area contributed by atoms with Crippen LogP contribution in [0.25, 0.3) is 10.9 Å². The Kier molecular flexibility index (Phi) is 3.48. The lowest BCUT2D eigenvalue weighted by molar-refractivity contribution is 0.103. The number of halogens is 3. The summed E-state index contributed by atoms with van der Waals surface area (Å²) in [6.45, 7) is 0. The molecule has 1 N–H and O–H groups in total. The van der Waals surface area contributed by atoms with Crippen LogP contribution < -0.4 is 0 Å². The number of rotatable bonds is 2. The van der Waals surface area contributed by atoms with Crippen LogP contribution in [0, 0.1) is 5.82 Å². The summed E-state index contributed by atoms with van der Waals surface area (Å²) in [6, 6.07) is 10.0. The summed E-state index contributed by atoms with van der Waals surface area (Å²) in [5, 5.41) is 0.764. The zero-order valence-electron chi connectivity index (χ0n) is 10.1. The molecule has 2 aromatic carbocycles. The van der Waals surface area contributed by atoms with Gasteiger partial charge in [-0.2, -0.15) is 0 Å². The van der Waals surface area contributed by atoms with Crippen LogP contribution in [-0.4, -0.2) is 10.8 Å². The Morgan fingerprint density at radius 3 is 2.65 bits per heavy atom. The van der Waals surface area contributed by atoms with Gasteiger partial charge in [0.2, 0.25) is 0 Å². The fraction of sp³-hybridized carbons (Fsp3) is 0. The molecule has 0 radical (unpaired) electrons. The molecular weight excluding hydrogens is 389 g/mol. The topological polar surface area (TPSA) is 32.9 Å². The SMILES string of the molecule is O=C(c1ccc(Br)cc1F)c1c[nH]c2cccc(Br)c12. The molecule has 0 fully saturated rings. The van der Waals surface area contributed by atoms with Crippen molar-refractivity contribution < 1.29 is 9.18 Å². The number of carbonyl (C=O) groups is 1. The van der Waals surface area contributed by atoms with Gasteiger partial charge in [-0.05, 0) is 30.3 Å². The third kappa shape index (κ3) is 2.21. The van der Waals surface area contributed by atoms with Crippen molar-refractivity contribution >= 4 is 48.5 Å². The van der Waals surface area contributed by atoms with Crippen molar-refractivity contribution in [2.24, 2.45) is 0 Å². The van der Waals surface area contributed by atoms with Crippen LogP contribution in [-0.2, 0) is 0 Å². The van der Waals surface area contributed by atoms with Gasteiger partial charge in [0.15, 0.2) is 5.78 Å². The largest absolute Gasteiger partial charge is 0.360 e. The van der Waals surface area contributed by atoms with Crippen molar-refractivity contribution in [2.75, 3.05) is 0 Å². The highest BCUT2D eigenvalue weighted by Gasteiger charge is 2.19. The summed E-state index contributed by atoms with van der Waals surface area (Å²) < 4.78 is 15.3. The molecule has 0 atom stereocenters. The van der Waals surface area contributed by atoms with Crippen LogP contribution in [0.1, 0.15) is 15.9 Å². The Labute approximate surface area is 131 Å². The molecule has 0 amide bonds. The fourth-order valence-corrected chi connectivity index (χ4v) is 3.05. The first kappa shape index (κ1) is 13.5. The molecule has 2 nitrogen and oxygen atoms in total. The number of ketones is 1. The third-order valence-electron chi connectivity index (χ3n) is 3.08. The molecule has 0 aliphatic rings. The Hall–Kier alpha value is -1.46. The maximum atomic E-state index is 13.9. The molecule has 0 aliphatic carbocycles. The molecule has 20 heavy (non-hydrogen) atoms. The smallest absolute Gasteiger partial charge is 0.198 e. The van der Waals surface area contributed by atoms with Crippen LogP contribution in [0.5, 0.6) is 0 Å². The Morgan fingerprint density at radius 2 is 1.90 bits per heavy atom. The molecule has 0 aliphatic heterocycles. The van der Waals surface area contributed by atoms with Gasteiger partial charge in [-0.15, -0.1) is 0 Å². The second kappa shape index (κ2) is 5.14. The highest BCUT2D eigenvalue weighted by atomic mass is 79.9. The van der Waals surface area contributed by atoms with Gasteiger partial charge in [0.25, 0.3) is 0 Å². The van der Waals surface area contributed by atoms with E-state index in [1.54, 1.807) is 12.3 Å². The van der Waals surface area contributed by atoms with E-state index in [1.807, 2.05) is 18.2 Å². The van der Waals surface area contributed by atoms with Crippen LogP contribution in [0.2, 0.25) is 0 Å². The Morgan fingerprint density at radius 1 is 1.10 bits per heavy atom. The van der Waals surface area contributed by atoms with E-state index in [-0.39, 0.29) is 11.3 Å². The van der Waals surface area contributed by atoms with Crippen LogP contribution in [0.4, 0.5) is 4.39 Å². The van der Waals surface area contributed by atoms with Gasteiger partial charge in [0.05, 0.1) is 5.56 Å². The minimum atomic E-state index is -0.536. The number of hydrogen-bond acceptors (Lipinski definition) is 1. The Balaban J connectivity index is 2.18. The van der Waals surface area contributed by atoms with Crippen LogP contribution in [0.15, 0.2) is 51.5 Å². The molecule has 0 saturated carbocycles. The average Bonchev–Trinajstić information content (AvgIpc) is 2.83. The molecule has 5 heteroatoms. The number of aromatic amines is 1. The summed E-state index contributed by atoms with van der Waals surface area (Å²) in [5.74, 6) is -0.876. The molecule has 3 rings (SSSR count). The monoisotopic (exact) mass is 395 g/mol. The highest BCUT2D eigenvalue weighted by Crippen LogP contribution is 2.29. The molecule has 100 valence electrons. The summed E-state index contributed by atoms with van der Waals surface area (Å²) >= 11 is 6.60. The number of hydrogen-bond donors (Lipinski definition) is 1. The van der Waals surface area contributed by atoms with E-state index in [4.69, 9.17) is 0 Å². The number of fused-ring (bicyclic) bond motifs is 1. The van der Waals surface area contributed by atoms with Crippen molar-refractivity contribution in [2.45, 2.75) is 0 Å². The van der Waals surface area contributed by atoms with Gasteiger partial charge in [0.1, 0.15) is 5.82 Å². The van der Waals surface area contributed by atoms with Gasteiger partial charge < -0.3 is 4.98 Å². The van der Waals surface area contributed by atoms with E-state index >= 15 is 0 Å². The summed E-state index contributed by atoms with van der Waals surface area (Å²) in [7, 11) is 0. The maximum absolute atomic E-state index is 13.9. The minimum absolute atomic E-state index is 0.0600. The van der Waals surface area contributed by atoms with E-state index < -0.39 is 5.82 Å². The molecule has 0 saturated heterocycles. The minimum Gasteiger partial charge on any atom is -0.360 e.